The smallest absolute Gasteiger partial charge is 0.122 e. The second-order valence-electron chi connectivity index (χ2n) is 4.48. The third-order valence-electron chi connectivity index (χ3n) is 2.90. The van der Waals surface area contributed by atoms with Gasteiger partial charge in [-0.2, -0.15) is 0 Å². The van der Waals surface area contributed by atoms with Gasteiger partial charge in [0.15, 0.2) is 0 Å². The summed E-state index contributed by atoms with van der Waals surface area (Å²) in [5, 5.41) is 0. The molecule has 2 N–H and O–H groups in total. The van der Waals surface area contributed by atoms with Gasteiger partial charge in [0.1, 0.15) is 5.75 Å². The summed E-state index contributed by atoms with van der Waals surface area (Å²) in [4.78, 5) is 0.573. The lowest BCUT2D eigenvalue weighted by Crippen LogP contribution is -2.12. The monoisotopic (exact) mass is 251 g/mol. The van der Waals surface area contributed by atoms with Gasteiger partial charge in [-0.15, -0.1) is 0 Å². The SMILES string of the molecule is CCOc1cc(C)c(C(C)CC(N)=S)cc1C. The summed E-state index contributed by atoms with van der Waals surface area (Å²) in [5.74, 6) is 1.33. The summed E-state index contributed by atoms with van der Waals surface area (Å²) in [7, 11) is 0. The van der Waals surface area contributed by atoms with E-state index in [-0.39, 0.29) is 0 Å². The molecule has 1 rings (SSSR count). The first-order chi connectivity index (χ1) is 7.95. The Morgan fingerprint density at radius 1 is 1.35 bits per heavy atom. The Morgan fingerprint density at radius 3 is 2.53 bits per heavy atom. The maximum Gasteiger partial charge on any atom is 0.122 e. The molecule has 0 aliphatic heterocycles. The minimum absolute atomic E-state index is 0.363. The highest BCUT2D eigenvalue weighted by atomic mass is 32.1. The van der Waals surface area contributed by atoms with Crippen LogP contribution in [0.3, 0.4) is 0 Å². The molecule has 1 aromatic carbocycles. The largest absolute Gasteiger partial charge is 0.494 e. The van der Waals surface area contributed by atoms with Gasteiger partial charge in [-0.3, -0.25) is 0 Å². The maximum atomic E-state index is 5.60. The minimum Gasteiger partial charge on any atom is -0.494 e. The first-order valence-corrected chi connectivity index (χ1v) is 6.38. The van der Waals surface area contributed by atoms with E-state index in [1.54, 1.807) is 0 Å². The standard InChI is InChI=1S/C14H21NOS/c1-5-16-13-7-9(2)12(6-11(13)4)10(3)8-14(15)17/h6-7,10H,5,8H2,1-4H3,(H2,15,17). The van der Waals surface area contributed by atoms with Crippen molar-refractivity contribution in [3.8, 4) is 5.75 Å². The fourth-order valence-corrected chi connectivity index (χ4v) is 2.32. The zero-order chi connectivity index (χ0) is 13.0. The lowest BCUT2D eigenvalue weighted by atomic mass is 9.92. The molecule has 1 atom stereocenters. The molecule has 0 saturated heterocycles. The average Bonchev–Trinajstić information content (AvgIpc) is 2.22. The Bertz CT molecular complexity index is 415. The molecule has 1 unspecified atom stereocenters. The third-order valence-corrected chi connectivity index (χ3v) is 3.07. The van der Waals surface area contributed by atoms with Crippen LogP contribution in [-0.2, 0) is 0 Å². The van der Waals surface area contributed by atoms with Gasteiger partial charge < -0.3 is 10.5 Å². The highest BCUT2D eigenvalue weighted by Gasteiger charge is 2.12. The van der Waals surface area contributed by atoms with Crippen molar-refractivity contribution in [3.63, 3.8) is 0 Å². The summed E-state index contributed by atoms with van der Waals surface area (Å²) in [5.41, 5.74) is 9.32. The summed E-state index contributed by atoms with van der Waals surface area (Å²) in [6.07, 6.45) is 0.754. The van der Waals surface area contributed by atoms with Crippen molar-refractivity contribution in [2.24, 2.45) is 5.73 Å². The molecule has 1 aromatic rings. The second-order valence-corrected chi connectivity index (χ2v) is 5.00. The minimum atomic E-state index is 0.363. The van der Waals surface area contributed by atoms with E-state index in [2.05, 4.69) is 32.9 Å². The first-order valence-electron chi connectivity index (χ1n) is 5.98. The topological polar surface area (TPSA) is 35.2 Å². The molecule has 0 aliphatic rings. The van der Waals surface area contributed by atoms with E-state index < -0.39 is 0 Å². The number of benzene rings is 1. The summed E-state index contributed by atoms with van der Waals surface area (Å²) in [6.45, 7) is 9.02. The van der Waals surface area contributed by atoms with Gasteiger partial charge >= 0.3 is 0 Å². The van der Waals surface area contributed by atoms with Crippen LogP contribution in [0, 0.1) is 13.8 Å². The Kier molecular flexibility index (Phi) is 4.94. The number of hydrogen-bond donors (Lipinski definition) is 1. The number of hydrogen-bond acceptors (Lipinski definition) is 2. The van der Waals surface area contributed by atoms with Crippen molar-refractivity contribution in [1.29, 1.82) is 0 Å². The van der Waals surface area contributed by atoms with Crippen LogP contribution in [0.4, 0.5) is 0 Å². The van der Waals surface area contributed by atoms with Gasteiger partial charge in [-0.05, 0) is 49.4 Å². The number of nitrogens with two attached hydrogens (primary N) is 1. The molecule has 0 radical (unpaired) electrons. The Labute approximate surface area is 109 Å². The molecule has 0 bridgehead atoms. The lowest BCUT2D eigenvalue weighted by Gasteiger charge is -2.17. The van der Waals surface area contributed by atoms with Crippen LogP contribution in [0.5, 0.6) is 5.75 Å². The summed E-state index contributed by atoms with van der Waals surface area (Å²) < 4.78 is 5.58. The van der Waals surface area contributed by atoms with Gasteiger partial charge in [0.05, 0.1) is 11.6 Å². The Balaban J connectivity index is 3.02. The fraction of sp³-hybridized carbons (Fsp3) is 0.500. The van der Waals surface area contributed by atoms with Crippen LogP contribution in [0.15, 0.2) is 12.1 Å². The van der Waals surface area contributed by atoms with Gasteiger partial charge in [-0.25, -0.2) is 0 Å². The van der Waals surface area contributed by atoms with Gasteiger partial charge in [0, 0.05) is 6.42 Å². The van der Waals surface area contributed by atoms with Crippen molar-refractivity contribution in [2.75, 3.05) is 6.61 Å². The molecule has 0 amide bonds. The van der Waals surface area contributed by atoms with Crippen molar-refractivity contribution in [3.05, 3.63) is 28.8 Å². The van der Waals surface area contributed by atoms with Crippen LogP contribution < -0.4 is 10.5 Å². The molecule has 0 aromatic heterocycles. The highest BCUT2D eigenvalue weighted by Crippen LogP contribution is 2.29. The number of aryl methyl sites for hydroxylation is 2. The van der Waals surface area contributed by atoms with E-state index >= 15 is 0 Å². The lowest BCUT2D eigenvalue weighted by molar-refractivity contribution is 0.337. The Morgan fingerprint density at radius 2 is 2.00 bits per heavy atom. The predicted octanol–water partition coefficient (Wildman–Crippen LogP) is 3.48. The van der Waals surface area contributed by atoms with Crippen LogP contribution in [0.25, 0.3) is 0 Å². The molecule has 2 nitrogen and oxygen atoms in total. The zero-order valence-electron chi connectivity index (χ0n) is 11.0. The van der Waals surface area contributed by atoms with E-state index in [0.29, 0.717) is 17.5 Å². The maximum absolute atomic E-state index is 5.60. The van der Waals surface area contributed by atoms with Crippen LogP contribution in [0.2, 0.25) is 0 Å². The molecule has 0 fully saturated rings. The number of ether oxygens (including phenoxy) is 1. The molecule has 94 valence electrons. The van der Waals surface area contributed by atoms with Crippen molar-refractivity contribution in [2.45, 2.75) is 40.0 Å². The van der Waals surface area contributed by atoms with Crippen molar-refractivity contribution >= 4 is 17.2 Å². The van der Waals surface area contributed by atoms with E-state index in [1.807, 2.05) is 6.92 Å². The van der Waals surface area contributed by atoms with E-state index in [4.69, 9.17) is 22.7 Å². The van der Waals surface area contributed by atoms with Crippen molar-refractivity contribution in [1.82, 2.24) is 0 Å². The van der Waals surface area contributed by atoms with Gasteiger partial charge in [-0.1, -0.05) is 25.2 Å². The highest BCUT2D eigenvalue weighted by molar-refractivity contribution is 7.80. The second kappa shape index (κ2) is 6.01. The van der Waals surface area contributed by atoms with Crippen LogP contribution in [0.1, 0.15) is 42.9 Å². The van der Waals surface area contributed by atoms with E-state index in [9.17, 15) is 0 Å². The van der Waals surface area contributed by atoms with Gasteiger partial charge in [0.2, 0.25) is 0 Å². The molecule has 0 heterocycles. The molecular weight excluding hydrogens is 230 g/mol. The van der Waals surface area contributed by atoms with Crippen molar-refractivity contribution < 1.29 is 4.74 Å². The zero-order valence-corrected chi connectivity index (χ0v) is 11.9. The van der Waals surface area contributed by atoms with Gasteiger partial charge in [0.25, 0.3) is 0 Å². The molecular formula is C14H21NOS. The number of thiocarbonyl (C=S) groups is 1. The normalized spacial score (nSPS) is 12.2. The summed E-state index contributed by atoms with van der Waals surface area (Å²) in [6, 6.07) is 4.29. The molecule has 17 heavy (non-hydrogen) atoms. The van der Waals surface area contributed by atoms with Crippen LogP contribution in [-0.4, -0.2) is 11.6 Å². The van der Waals surface area contributed by atoms with Crippen LogP contribution >= 0.6 is 12.2 Å². The molecule has 3 heteroatoms. The Hall–Kier alpha value is -1.09. The molecule has 0 spiro atoms. The quantitative estimate of drug-likeness (QED) is 0.814. The number of rotatable bonds is 5. The van der Waals surface area contributed by atoms with E-state index in [0.717, 1.165) is 12.2 Å². The summed E-state index contributed by atoms with van der Waals surface area (Å²) >= 11 is 4.97. The third kappa shape index (κ3) is 3.70. The predicted molar refractivity (Wildman–Crippen MR) is 76.9 cm³/mol. The first kappa shape index (κ1) is 14.0. The molecule has 0 aliphatic carbocycles. The molecule has 0 saturated carbocycles. The van der Waals surface area contributed by atoms with E-state index in [1.165, 1.54) is 16.7 Å². The average molecular weight is 251 g/mol. The fourth-order valence-electron chi connectivity index (χ4n) is 2.07.